The summed E-state index contributed by atoms with van der Waals surface area (Å²) in [5.41, 5.74) is -13.3. The van der Waals surface area contributed by atoms with Crippen molar-refractivity contribution in [1.82, 2.24) is 0 Å². The molecule has 23 nitrogen and oxygen atoms in total. The van der Waals surface area contributed by atoms with Gasteiger partial charge in [0, 0.05) is 37.5 Å². The van der Waals surface area contributed by atoms with E-state index in [1.807, 2.05) is 132 Å². The number of carbonyl (C=O) groups excluding carboxylic acids is 9. The van der Waals surface area contributed by atoms with Crippen molar-refractivity contribution in [2.24, 2.45) is 116 Å². The Labute approximate surface area is 778 Å². The predicted octanol–water partition coefficient (Wildman–Crippen LogP) is 25.2. The van der Waals surface area contributed by atoms with Crippen LogP contribution in [0.15, 0.2) is 0 Å². The number of aliphatic hydroxyl groups is 1. The molecule has 131 heavy (non-hydrogen) atoms. The standard InChI is InChI=1S/C28H46O8.C21H36O6.C16H23F3O3.2C15H26O2.C7H11F3O2/c1-10-23(4,5)20(29)32-26-13-19-14-27(16-26,35-21(30)33-24(6,7)11-2)18-28(15-19,17-26)36-22(31)34-25(8,9)12-3;1-12-13(2)15-9-14(12)16(10-24-18(22)26-20(3,4)5)17(15)11-25-19(23)27-21(6,7)8;1-3-13(2,16(17,18)19)12(20)22-15-7-10-4-11(8-15)6-14(21,5-10)9-15;1-6-15(4,5)17-14(16)13-8-11-7-12(13)10(3)9(11)2;1-5-14(3,4)13(16)17-15(6-2)10-11-7-8-12(15)9-11;1-4-6(2,5(11)12-3)7(8,9)10/h19H,10-18H2,1-9H3;12-17H,9-11H2,1-8H3;10-11,21H,3-9H2,1-2H3;9-13H,6-8H2,1-5H3;11-12H,5-10H2,1-4H3;4H2,1-3H3. The molecule has 14 bridgehead atoms. The van der Waals surface area contributed by atoms with E-state index in [0.29, 0.717) is 138 Å². The summed E-state index contributed by atoms with van der Waals surface area (Å²) in [7, 11) is 0.946. The van der Waals surface area contributed by atoms with Gasteiger partial charge in [0.05, 0.1) is 42.7 Å². The predicted molar refractivity (Wildman–Crippen MR) is 481 cm³/mol. The third-order valence-corrected chi connectivity index (χ3v) is 33.3. The van der Waals surface area contributed by atoms with Crippen LogP contribution in [0.1, 0.15) is 381 Å². The maximum absolute atomic E-state index is 13.2. The summed E-state index contributed by atoms with van der Waals surface area (Å²) in [6.07, 6.45) is 7.20. The van der Waals surface area contributed by atoms with Gasteiger partial charge in [-0.25, -0.2) is 19.2 Å². The number of carbonyl (C=O) groups is 9. The number of ether oxygens (including phenoxy) is 13. The van der Waals surface area contributed by atoms with Gasteiger partial charge in [0.25, 0.3) is 0 Å². The number of hydrogen-bond donors (Lipinski definition) is 1. The second kappa shape index (κ2) is 41.3. The summed E-state index contributed by atoms with van der Waals surface area (Å²) < 4.78 is 149. The quantitative estimate of drug-likeness (QED) is 0.0504. The molecule has 14 rings (SSSR count). The summed E-state index contributed by atoms with van der Waals surface area (Å²) in [6.45, 7) is 56.2. The van der Waals surface area contributed by atoms with Gasteiger partial charge in [-0.1, -0.05) is 83.1 Å². The normalized spacial score (nSPS) is 34.2. The van der Waals surface area contributed by atoms with Crippen LogP contribution in [0.2, 0.25) is 0 Å². The molecule has 0 aromatic rings. The highest BCUT2D eigenvalue weighted by molar-refractivity contribution is 5.79. The van der Waals surface area contributed by atoms with Crippen LogP contribution in [0.25, 0.3) is 0 Å². The second-order valence-electron chi connectivity index (χ2n) is 47.5. The number of fused-ring (bicyclic) bond motifs is 6. The number of alkyl halides is 6. The first kappa shape index (κ1) is 112. The third kappa shape index (κ3) is 27.1. The molecule has 0 saturated heterocycles. The van der Waals surface area contributed by atoms with E-state index in [1.165, 1.54) is 39.5 Å². The first-order valence-corrected chi connectivity index (χ1v) is 49.2. The van der Waals surface area contributed by atoms with Crippen LogP contribution in [0.5, 0.6) is 0 Å². The Bertz CT molecular complexity index is 3810. The average Bonchev–Trinajstić information content (AvgIpc) is 1.69. The van der Waals surface area contributed by atoms with Crippen molar-refractivity contribution in [3.05, 3.63) is 0 Å². The van der Waals surface area contributed by atoms with Crippen LogP contribution < -0.4 is 0 Å². The van der Waals surface area contributed by atoms with E-state index in [2.05, 4.69) is 53.2 Å². The van der Waals surface area contributed by atoms with Crippen LogP contribution in [0.3, 0.4) is 0 Å². The fourth-order valence-corrected chi connectivity index (χ4v) is 23.5. The fourth-order valence-electron chi connectivity index (χ4n) is 23.5. The average molecular weight is 1880 g/mol. The largest absolute Gasteiger partial charge is 0.509 e. The molecule has 14 aliphatic carbocycles. The molecule has 14 saturated carbocycles. The summed E-state index contributed by atoms with van der Waals surface area (Å²) >= 11 is 0. The molecule has 14 aliphatic rings. The van der Waals surface area contributed by atoms with Gasteiger partial charge in [-0.2, -0.15) is 26.3 Å². The lowest BCUT2D eigenvalue weighted by molar-refractivity contribution is -0.270. The van der Waals surface area contributed by atoms with Crippen molar-refractivity contribution in [2.45, 2.75) is 455 Å². The zero-order chi connectivity index (χ0) is 99.6. The third-order valence-electron chi connectivity index (χ3n) is 33.3. The molecule has 0 spiro atoms. The molecular formula is C102H168F6O23. The molecule has 0 radical (unpaired) electrons. The summed E-state index contributed by atoms with van der Waals surface area (Å²) in [6, 6.07) is 0. The Balaban J connectivity index is 0.000000222. The molecule has 1 N–H and O–H groups in total. The van der Waals surface area contributed by atoms with Gasteiger partial charge in [-0.15, -0.1) is 0 Å². The monoisotopic (exact) mass is 1880 g/mol. The Morgan fingerprint density at radius 3 is 1.08 bits per heavy atom. The van der Waals surface area contributed by atoms with Crippen molar-refractivity contribution >= 4 is 54.5 Å². The van der Waals surface area contributed by atoms with E-state index in [4.69, 9.17) is 56.8 Å². The van der Waals surface area contributed by atoms with Crippen molar-refractivity contribution in [3.8, 4) is 0 Å². The van der Waals surface area contributed by atoms with Gasteiger partial charge < -0.3 is 66.7 Å². The zero-order valence-corrected chi connectivity index (χ0v) is 85.4. The summed E-state index contributed by atoms with van der Waals surface area (Å²) in [5, 5.41) is 10.6. The topological polar surface area (TPSA) is 294 Å². The molecule has 0 aliphatic heterocycles. The van der Waals surface area contributed by atoms with Gasteiger partial charge in [0.1, 0.15) is 56.0 Å². The molecular weight excluding hydrogens is 1710 g/mol. The minimum atomic E-state index is -4.63. The molecule has 29 heteroatoms. The summed E-state index contributed by atoms with van der Waals surface area (Å²) in [4.78, 5) is 110. The maximum atomic E-state index is 13.2. The number of esters is 5. The van der Waals surface area contributed by atoms with Crippen molar-refractivity contribution in [1.29, 1.82) is 0 Å². The fraction of sp³-hybridized carbons (Fsp3) is 0.912. The van der Waals surface area contributed by atoms with Crippen molar-refractivity contribution < 1.29 is 136 Å². The Morgan fingerprint density at radius 2 is 0.748 bits per heavy atom. The molecule has 20 unspecified atom stereocenters. The lowest BCUT2D eigenvalue weighted by Crippen LogP contribution is -2.69. The molecule has 756 valence electrons. The lowest BCUT2D eigenvalue weighted by Gasteiger charge is -2.63. The maximum Gasteiger partial charge on any atom is 0.509 e. The highest BCUT2D eigenvalue weighted by Gasteiger charge is 2.70. The van der Waals surface area contributed by atoms with Crippen LogP contribution in [-0.4, -0.2) is 154 Å². The Morgan fingerprint density at radius 1 is 0.359 bits per heavy atom. The molecule has 20 atom stereocenters. The van der Waals surface area contributed by atoms with Crippen molar-refractivity contribution in [2.75, 3.05) is 20.3 Å². The lowest BCUT2D eigenvalue weighted by atomic mass is 9.50. The van der Waals surface area contributed by atoms with E-state index >= 15 is 0 Å². The van der Waals surface area contributed by atoms with E-state index in [1.54, 1.807) is 0 Å². The van der Waals surface area contributed by atoms with E-state index in [9.17, 15) is 74.6 Å². The highest BCUT2D eigenvalue weighted by Crippen LogP contribution is 2.66. The first-order valence-electron chi connectivity index (χ1n) is 49.2. The second-order valence-corrected chi connectivity index (χ2v) is 47.5. The van der Waals surface area contributed by atoms with Crippen LogP contribution in [0, 0.1) is 116 Å². The van der Waals surface area contributed by atoms with Crippen LogP contribution >= 0.6 is 0 Å². The van der Waals surface area contributed by atoms with Gasteiger partial charge >= 0.3 is 66.8 Å². The highest BCUT2D eigenvalue weighted by atomic mass is 19.4. The SMILES string of the molecule is CC1C(C)C2CC1C(COC(=O)OC(C)(C)C)C2COC(=O)OC(C)(C)C.CCC(C)(C(=O)OC)C(F)(F)F.CCC(C)(C(=O)OC12CC3CC(CC(O)(C3)C1)C2)C(F)(F)F.CCC(C)(C)C(=O)OC1(CC)CC2CCC1C2.CCC(C)(C)OC(=O)C1CC2CC1C(C)C2C.CCC(C)(C)OC(=O)OC12CC3CC(OC(=O)OC(C)(C)CC)(C1)CC(OC(=O)C(C)(C)CC)(C3)C2. The van der Waals surface area contributed by atoms with Gasteiger partial charge in [-0.3, -0.25) is 24.0 Å². The molecule has 14 fully saturated rings. The molecule has 0 aromatic heterocycles. The van der Waals surface area contributed by atoms with E-state index in [0.717, 1.165) is 83.7 Å². The molecule has 0 amide bonds. The number of methoxy groups -OCH3 is 1. The van der Waals surface area contributed by atoms with Gasteiger partial charge in [-0.05, 0) is 349 Å². The Kier molecular flexibility index (Phi) is 35.3. The Hall–Kier alpha value is -6.03. The van der Waals surface area contributed by atoms with E-state index < -0.39 is 116 Å². The number of hydrogen-bond acceptors (Lipinski definition) is 23. The van der Waals surface area contributed by atoms with Gasteiger partial charge in [0.2, 0.25) is 0 Å². The number of halogens is 6. The van der Waals surface area contributed by atoms with Crippen LogP contribution in [0.4, 0.5) is 45.5 Å². The minimum absolute atomic E-state index is 0.00870. The van der Waals surface area contributed by atoms with Crippen molar-refractivity contribution in [3.63, 3.8) is 0 Å². The van der Waals surface area contributed by atoms with Gasteiger partial charge in [0.15, 0.2) is 10.8 Å². The van der Waals surface area contributed by atoms with Crippen LogP contribution in [-0.2, 0) is 85.6 Å². The zero-order valence-electron chi connectivity index (χ0n) is 85.4. The van der Waals surface area contributed by atoms with E-state index in [-0.39, 0.29) is 89.3 Å². The minimum Gasteiger partial charge on any atom is -0.468 e. The molecule has 0 heterocycles. The smallest absolute Gasteiger partial charge is 0.468 e. The summed E-state index contributed by atoms with van der Waals surface area (Å²) in [5.74, 6) is 4.83. The first-order chi connectivity index (χ1) is 59.8. The molecule has 0 aromatic carbocycles. The number of rotatable bonds is 25.